The summed E-state index contributed by atoms with van der Waals surface area (Å²) in [5, 5.41) is 12.1. The van der Waals surface area contributed by atoms with Crippen LogP contribution in [0.3, 0.4) is 0 Å². The normalized spacial score (nSPS) is 19.7. The standard InChI is InChI=1S/C13H17F2N3O3/c14-12(15)7-18-4-5-21-8-10(18)13(20)17-6-9-11(19)2-1-3-16-9/h1-3,10,12,19H,4-8H2,(H,17,20). The van der Waals surface area contributed by atoms with E-state index in [1.807, 2.05) is 0 Å². The average molecular weight is 301 g/mol. The number of carbonyl (C=O) groups is 1. The van der Waals surface area contributed by atoms with E-state index in [9.17, 15) is 18.7 Å². The highest BCUT2D eigenvalue weighted by Gasteiger charge is 2.31. The SMILES string of the molecule is O=C(NCc1ncccc1O)C1COCCN1CC(F)F. The highest BCUT2D eigenvalue weighted by atomic mass is 19.3. The van der Waals surface area contributed by atoms with Crippen LogP contribution >= 0.6 is 0 Å². The molecule has 21 heavy (non-hydrogen) atoms. The Morgan fingerprint density at radius 1 is 1.62 bits per heavy atom. The van der Waals surface area contributed by atoms with Crippen LogP contribution in [0.4, 0.5) is 8.78 Å². The van der Waals surface area contributed by atoms with Gasteiger partial charge in [-0.1, -0.05) is 0 Å². The van der Waals surface area contributed by atoms with E-state index in [2.05, 4.69) is 10.3 Å². The zero-order valence-corrected chi connectivity index (χ0v) is 11.3. The Morgan fingerprint density at radius 2 is 2.43 bits per heavy atom. The van der Waals surface area contributed by atoms with Crippen molar-refractivity contribution in [1.82, 2.24) is 15.2 Å². The van der Waals surface area contributed by atoms with Crippen LogP contribution in [0.2, 0.25) is 0 Å². The van der Waals surface area contributed by atoms with Crippen molar-refractivity contribution in [2.75, 3.05) is 26.3 Å². The molecule has 1 saturated heterocycles. The van der Waals surface area contributed by atoms with Crippen molar-refractivity contribution < 1.29 is 23.4 Å². The number of aromatic hydroxyl groups is 1. The third-order valence-corrected chi connectivity index (χ3v) is 3.21. The van der Waals surface area contributed by atoms with Crippen LogP contribution in [0.25, 0.3) is 0 Å². The molecule has 0 saturated carbocycles. The molecule has 6 nitrogen and oxygen atoms in total. The number of morpholine rings is 1. The van der Waals surface area contributed by atoms with E-state index < -0.39 is 24.9 Å². The molecule has 2 heterocycles. The molecule has 1 atom stereocenters. The summed E-state index contributed by atoms with van der Waals surface area (Å²) < 4.78 is 30.2. The van der Waals surface area contributed by atoms with Gasteiger partial charge < -0.3 is 15.2 Å². The summed E-state index contributed by atoms with van der Waals surface area (Å²) in [7, 11) is 0. The van der Waals surface area contributed by atoms with Gasteiger partial charge >= 0.3 is 0 Å². The van der Waals surface area contributed by atoms with Gasteiger partial charge in [-0.2, -0.15) is 0 Å². The van der Waals surface area contributed by atoms with E-state index >= 15 is 0 Å². The Morgan fingerprint density at radius 3 is 3.14 bits per heavy atom. The summed E-state index contributed by atoms with van der Waals surface area (Å²) in [5.41, 5.74) is 0.322. The molecule has 1 aliphatic heterocycles. The summed E-state index contributed by atoms with van der Waals surface area (Å²) in [4.78, 5) is 17.4. The zero-order valence-electron chi connectivity index (χ0n) is 11.3. The first-order valence-corrected chi connectivity index (χ1v) is 6.58. The predicted octanol–water partition coefficient (Wildman–Crippen LogP) is 0.369. The number of nitrogens with one attached hydrogen (secondary N) is 1. The molecule has 1 aromatic rings. The van der Waals surface area contributed by atoms with Crippen LogP contribution < -0.4 is 5.32 Å². The first-order chi connectivity index (χ1) is 10.1. The molecule has 1 fully saturated rings. The maximum Gasteiger partial charge on any atom is 0.251 e. The smallest absolute Gasteiger partial charge is 0.251 e. The molecule has 1 aromatic heterocycles. The first-order valence-electron chi connectivity index (χ1n) is 6.58. The number of rotatable bonds is 5. The molecule has 116 valence electrons. The molecule has 0 bridgehead atoms. The summed E-state index contributed by atoms with van der Waals surface area (Å²) >= 11 is 0. The molecular formula is C13H17F2N3O3. The Balaban J connectivity index is 1.93. The van der Waals surface area contributed by atoms with Gasteiger partial charge in [0.25, 0.3) is 6.43 Å². The second-order valence-electron chi connectivity index (χ2n) is 4.66. The van der Waals surface area contributed by atoms with Crippen molar-refractivity contribution in [2.45, 2.75) is 19.0 Å². The molecule has 1 aliphatic rings. The second-order valence-corrected chi connectivity index (χ2v) is 4.66. The average Bonchev–Trinajstić information content (AvgIpc) is 2.46. The molecule has 8 heteroatoms. The number of amides is 1. The van der Waals surface area contributed by atoms with Crippen molar-refractivity contribution in [2.24, 2.45) is 0 Å². The van der Waals surface area contributed by atoms with E-state index in [1.54, 1.807) is 6.07 Å². The number of ether oxygens (including phenoxy) is 1. The van der Waals surface area contributed by atoms with Crippen LogP contribution in [0, 0.1) is 0 Å². The minimum Gasteiger partial charge on any atom is -0.506 e. The van der Waals surface area contributed by atoms with Gasteiger partial charge in [0.2, 0.25) is 5.91 Å². The second kappa shape index (κ2) is 7.28. The number of aromatic nitrogens is 1. The fourth-order valence-corrected chi connectivity index (χ4v) is 2.13. The third-order valence-electron chi connectivity index (χ3n) is 3.21. The number of nitrogens with zero attached hydrogens (tertiary/aromatic N) is 2. The van der Waals surface area contributed by atoms with Gasteiger partial charge in [-0.25, -0.2) is 8.78 Å². The predicted molar refractivity (Wildman–Crippen MR) is 69.9 cm³/mol. The fourth-order valence-electron chi connectivity index (χ4n) is 2.13. The Labute approximate surface area is 120 Å². The molecule has 0 aromatic carbocycles. The minimum absolute atomic E-state index is 0.0258. The number of alkyl halides is 2. The number of hydrogen-bond donors (Lipinski definition) is 2. The summed E-state index contributed by atoms with van der Waals surface area (Å²) in [6.45, 7) is 0.266. The van der Waals surface area contributed by atoms with Crippen LogP contribution in [-0.2, 0) is 16.1 Å². The molecule has 0 aliphatic carbocycles. The number of halogens is 2. The van der Waals surface area contributed by atoms with Gasteiger partial charge in [-0.15, -0.1) is 0 Å². The van der Waals surface area contributed by atoms with E-state index in [-0.39, 0.29) is 25.4 Å². The Kier molecular flexibility index (Phi) is 5.40. The molecule has 2 rings (SSSR count). The van der Waals surface area contributed by atoms with Crippen LogP contribution in [0.5, 0.6) is 5.75 Å². The zero-order chi connectivity index (χ0) is 15.2. The lowest BCUT2D eigenvalue weighted by atomic mass is 10.2. The quantitative estimate of drug-likeness (QED) is 0.822. The monoisotopic (exact) mass is 301 g/mol. The number of hydrogen-bond acceptors (Lipinski definition) is 5. The molecular weight excluding hydrogens is 284 g/mol. The minimum atomic E-state index is -2.50. The van der Waals surface area contributed by atoms with Crippen LogP contribution in [0.15, 0.2) is 18.3 Å². The fraction of sp³-hybridized carbons (Fsp3) is 0.538. The maximum absolute atomic E-state index is 12.5. The first kappa shape index (κ1) is 15.6. The van der Waals surface area contributed by atoms with Crippen molar-refractivity contribution in [1.29, 1.82) is 0 Å². The van der Waals surface area contributed by atoms with E-state index in [0.717, 1.165) is 0 Å². The molecule has 2 N–H and O–H groups in total. The van der Waals surface area contributed by atoms with Crippen molar-refractivity contribution in [3.63, 3.8) is 0 Å². The van der Waals surface area contributed by atoms with Crippen molar-refractivity contribution >= 4 is 5.91 Å². The van der Waals surface area contributed by atoms with Gasteiger partial charge in [-0.05, 0) is 12.1 Å². The number of pyridine rings is 1. The van der Waals surface area contributed by atoms with Crippen LogP contribution in [0.1, 0.15) is 5.69 Å². The number of carbonyl (C=O) groups excluding carboxylic acids is 1. The van der Waals surface area contributed by atoms with Crippen molar-refractivity contribution in [3.05, 3.63) is 24.0 Å². The van der Waals surface area contributed by atoms with E-state index in [1.165, 1.54) is 17.2 Å². The van der Waals surface area contributed by atoms with Gasteiger partial charge in [0, 0.05) is 12.7 Å². The summed E-state index contributed by atoms with van der Waals surface area (Å²) in [6.07, 6.45) is -1.01. The molecule has 1 amide bonds. The van der Waals surface area contributed by atoms with Gasteiger partial charge in [0.15, 0.2) is 0 Å². The van der Waals surface area contributed by atoms with Gasteiger partial charge in [0.05, 0.1) is 26.3 Å². The van der Waals surface area contributed by atoms with E-state index in [0.29, 0.717) is 12.3 Å². The highest BCUT2D eigenvalue weighted by Crippen LogP contribution is 2.13. The highest BCUT2D eigenvalue weighted by molar-refractivity contribution is 5.82. The van der Waals surface area contributed by atoms with Gasteiger partial charge in [0.1, 0.15) is 17.5 Å². The lowest BCUT2D eigenvalue weighted by Gasteiger charge is -2.34. The molecule has 0 radical (unpaired) electrons. The van der Waals surface area contributed by atoms with Crippen molar-refractivity contribution in [3.8, 4) is 5.75 Å². The topological polar surface area (TPSA) is 74.7 Å². The van der Waals surface area contributed by atoms with E-state index in [4.69, 9.17) is 4.74 Å². The maximum atomic E-state index is 12.5. The molecule has 1 unspecified atom stereocenters. The third kappa shape index (κ3) is 4.33. The largest absolute Gasteiger partial charge is 0.506 e. The Bertz CT molecular complexity index is 487. The summed E-state index contributed by atoms with van der Waals surface area (Å²) in [5.74, 6) is -0.442. The lowest BCUT2D eigenvalue weighted by Crippen LogP contribution is -2.54. The van der Waals surface area contributed by atoms with Gasteiger partial charge in [-0.3, -0.25) is 14.7 Å². The summed E-state index contributed by atoms with van der Waals surface area (Å²) in [6, 6.07) is 2.28. The van der Waals surface area contributed by atoms with Crippen LogP contribution in [-0.4, -0.2) is 59.7 Å². The molecule has 0 spiro atoms. The Hall–Kier alpha value is -1.80. The lowest BCUT2D eigenvalue weighted by molar-refractivity contribution is -0.134.